The molecule has 1 aromatic rings. The third-order valence-electron chi connectivity index (χ3n) is 2.62. The molecule has 0 spiro atoms. The Morgan fingerprint density at radius 1 is 1.69 bits per heavy atom. The molecule has 0 aromatic carbocycles. The molecule has 1 aromatic heterocycles. The Bertz CT molecular complexity index is 241. The van der Waals surface area contributed by atoms with Gasteiger partial charge in [0.1, 0.15) is 0 Å². The smallest absolute Gasteiger partial charge is 0.0935 e. The lowest BCUT2D eigenvalue weighted by atomic mass is 9.95. The average molecular weight is 197 g/mol. The van der Waals surface area contributed by atoms with Crippen molar-refractivity contribution in [1.29, 1.82) is 0 Å². The highest BCUT2D eigenvalue weighted by Gasteiger charge is 2.22. The van der Waals surface area contributed by atoms with Gasteiger partial charge in [0.05, 0.1) is 12.5 Å². The molecule has 2 N–H and O–H groups in total. The Labute approximate surface area is 82.9 Å². The molecule has 72 valence electrons. The van der Waals surface area contributed by atoms with Crippen LogP contribution in [0.3, 0.4) is 0 Å². The van der Waals surface area contributed by atoms with E-state index < -0.39 is 0 Å². The molecule has 2 heterocycles. The van der Waals surface area contributed by atoms with Gasteiger partial charge in [0, 0.05) is 6.04 Å². The molecule has 0 radical (unpaired) electrons. The third-order valence-corrected chi connectivity index (χ3v) is 3.81. The Hall–Kier alpha value is -0.410. The first-order chi connectivity index (χ1) is 6.36. The summed E-state index contributed by atoms with van der Waals surface area (Å²) >= 11 is 2.02. The lowest BCUT2D eigenvalue weighted by Gasteiger charge is -2.16. The summed E-state index contributed by atoms with van der Waals surface area (Å²) in [7, 11) is 0. The molecule has 1 aliphatic rings. The summed E-state index contributed by atoms with van der Waals surface area (Å²) < 4.78 is 5.02. The van der Waals surface area contributed by atoms with Gasteiger partial charge in [-0.15, -0.1) is 0 Å². The zero-order valence-electron chi connectivity index (χ0n) is 7.61. The maximum atomic E-state index is 6.12. The number of nitrogens with two attached hydrogens (primary N) is 1. The van der Waals surface area contributed by atoms with Crippen LogP contribution in [0.4, 0.5) is 0 Å². The SMILES string of the molecule is NC(Cc1ccoc1)C1CCSC1. The fraction of sp³-hybridized carbons (Fsp3) is 0.600. The van der Waals surface area contributed by atoms with E-state index >= 15 is 0 Å². The average Bonchev–Trinajstić information content (AvgIpc) is 2.74. The van der Waals surface area contributed by atoms with Crippen molar-refractivity contribution in [2.75, 3.05) is 11.5 Å². The zero-order chi connectivity index (χ0) is 9.10. The van der Waals surface area contributed by atoms with Gasteiger partial charge < -0.3 is 10.2 Å². The zero-order valence-corrected chi connectivity index (χ0v) is 8.43. The van der Waals surface area contributed by atoms with Crippen LogP contribution in [-0.4, -0.2) is 17.5 Å². The number of rotatable bonds is 3. The second-order valence-electron chi connectivity index (χ2n) is 3.62. The topological polar surface area (TPSA) is 39.2 Å². The molecule has 0 bridgehead atoms. The number of hydrogen-bond donors (Lipinski definition) is 1. The van der Waals surface area contributed by atoms with Crippen LogP contribution in [-0.2, 0) is 6.42 Å². The summed E-state index contributed by atoms with van der Waals surface area (Å²) in [6, 6.07) is 2.31. The molecule has 0 amide bonds. The predicted molar refractivity (Wildman–Crippen MR) is 55.8 cm³/mol. The van der Waals surface area contributed by atoms with Gasteiger partial charge in [0.25, 0.3) is 0 Å². The minimum atomic E-state index is 0.313. The van der Waals surface area contributed by atoms with Crippen molar-refractivity contribution in [3.05, 3.63) is 24.2 Å². The van der Waals surface area contributed by atoms with Gasteiger partial charge in [-0.1, -0.05) is 0 Å². The van der Waals surface area contributed by atoms with Gasteiger partial charge in [0.2, 0.25) is 0 Å². The second-order valence-corrected chi connectivity index (χ2v) is 4.77. The van der Waals surface area contributed by atoms with Crippen LogP contribution in [0.25, 0.3) is 0 Å². The van der Waals surface area contributed by atoms with E-state index in [-0.39, 0.29) is 0 Å². The van der Waals surface area contributed by atoms with E-state index in [1.807, 2.05) is 17.8 Å². The Morgan fingerprint density at radius 3 is 3.23 bits per heavy atom. The first-order valence-corrected chi connectivity index (χ1v) is 5.86. The summed E-state index contributed by atoms with van der Waals surface area (Å²) in [4.78, 5) is 0. The van der Waals surface area contributed by atoms with Crippen molar-refractivity contribution in [3.8, 4) is 0 Å². The molecule has 1 fully saturated rings. The van der Waals surface area contributed by atoms with Gasteiger partial charge >= 0.3 is 0 Å². The van der Waals surface area contributed by atoms with E-state index in [1.54, 1.807) is 12.5 Å². The maximum absolute atomic E-state index is 6.12. The van der Waals surface area contributed by atoms with E-state index in [4.69, 9.17) is 10.2 Å². The summed E-state index contributed by atoms with van der Waals surface area (Å²) in [6.45, 7) is 0. The lowest BCUT2D eigenvalue weighted by Crippen LogP contribution is -2.32. The quantitative estimate of drug-likeness (QED) is 0.804. The highest BCUT2D eigenvalue weighted by atomic mass is 32.2. The Morgan fingerprint density at radius 2 is 2.62 bits per heavy atom. The van der Waals surface area contributed by atoms with Gasteiger partial charge in [-0.05, 0) is 41.9 Å². The van der Waals surface area contributed by atoms with Gasteiger partial charge in [-0.3, -0.25) is 0 Å². The van der Waals surface area contributed by atoms with E-state index in [1.165, 1.54) is 23.5 Å². The molecule has 1 aliphatic heterocycles. The van der Waals surface area contributed by atoms with Crippen molar-refractivity contribution >= 4 is 11.8 Å². The molecule has 1 saturated heterocycles. The van der Waals surface area contributed by atoms with E-state index in [0.29, 0.717) is 12.0 Å². The lowest BCUT2D eigenvalue weighted by molar-refractivity contribution is 0.460. The summed E-state index contributed by atoms with van der Waals surface area (Å²) in [6.07, 6.45) is 5.75. The van der Waals surface area contributed by atoms with Crippen LogP contribution in [0.15, 0.2) is 23.0 Å². The molecule has 3 heteroatoms. The van der Waals surface area contributed by atoms with Crippen molar-refractivity contribution in [2.24, 2.45) is 11.7 Å². The van der Waals surface area contributed by atoms with Crippen LogP contribution in [0.2, 0.25) is 0 Å². The van der Waals surface area contributed by atoms with Crippen LogP contribution in [0, 0.1) is 5.92 Å². The van der Waals surface area contributed by atoms with Gasteiger partial charge in [0.15, 0.2) is 0 Å². The van der Waals surface area contributed by atoms with Crippen LogP contribution in [0.1, 0.15) is 12.0 Å². The third kappa shape index (κ3) is 2.29. The van der Waals surface area contributed by atoms with Crippen LogP contribution >= 0.6 is 11.8 Å². The van der Waals surface area contributed by atoms with Crippen molar-refractivity contribution in [2.45, 2.75) is 18.9 Å². The first-order valence-electron chi connectivity index (χ1n) is 4.70. The molecule has 2 unspecified atom stereocenters. The fourth-order valence-corrected chi connectivity index (χ4v) is 3.09. The molecular formula is C10H15NOS. The highest BCUT2D eigenvalue weighted by Crippen LogP contribution is 2.26. The largest absolute Gasteiger partial charge is 0.472 e. The van der Waals surface area contributed by atoms with E-state index in [2.05, 4.69) is 0 Å². The number of thioether (sulfide) groups is 1. The van der Waals surface area contributed by atoms with Crippen molar-refractivity contribution in [3.63, 3.8) is 0 Å². The maximum Gasteiger partial charge on any atom is 0.0935 e. The molecule has 2 nitrogen and oxygen atoms in total. The molecule has 13 heavy (non-hydrogen) atoms. The molecule has 0 saturated carbocycles. The van der Waals surface area contributed by atoms with Crippen LogP contribution in [0.5, 0.6) is 0 Å². The molecule has 2 atom stereocenters. The first kappa shape index (κ1) is 9.16. The van der Waals surface area contributed by atoms with Crippen molar-refractivity contribution < 1.29 is 4.42 Å². The van der Waals surface area contributed by atoms with Crippen molar-refractivity contribution in [1.82, 2.24) is 0 Å². The summed E-state index contributed by atoms with van der Waals surface area (Å²) in [5.41, 5.74) is 7.34. The Balaban J connectivity index is 1.87. The highest BCUT2D eigenvalue weighted by molar-refractivity contribution is 7.99. The Kier molecular flexibility index (Phi) is 2.96. The standard InChI is InChI=1S/C10H15NOS/c11-10(9-2-4-13-7-9)5-8-1-3-12-6-8/h1,3,6,9-10H,2,4-5,7,11H2. The fourth-order valence-electron chi connectivity index (χ4n) is 1.74. The van der Waals surface area contributed by atoms with Gasteiger partial charge in [-0.25, -0.2) is 0 Å². The van der Waals surface area contributed by atoms with Gasteiger partial charge in [-0.2, -0.15) is 11.8 Å². The normalized spacial score (nSPS) is 24.8. The van der Waals surface area contributed by atoms with E-state index in [0.717, 1.165) is 6.42 Å². The molecular weight excluding hydrogens is 182 g/mol. The number of hydrogen-bond acceptors (Lipinski definition) is 3. The minimum Gasteiger partial charge on any atom is -0.472 e. The number of furan rings is 1. The van der Waals surface area contributed by atoms with Crippen LogP contribution < -0.4 is 5.73 Å². The molecule has 2 rings (SSSR count). The van der Waals surface area contributed by atoms with E-state index in [9.17, 15) is 0 Å². The molecule has 0 aliphatic carbocycles. The summed E-state index contributed by atoms with van der Waals surface area (Å²) in [5.74, 6) is 3.22. The predicted octanol–water partition coefficient (Wildman–Crippen LogP) is 1.90. The minimum absolute atomic E-state index is 0.313. The summed E-state index contributed by atoms with van der Waals surface area (Å²) in [5, 5.41) is 0. The monoisotopic (exact) mass is 197 g/mol. The second kappa shape index (κ2) is 4.20.